The van der Waals surface area contributed by atoms with Gasteiger partial charge in [0.2, 0.25) is 5.91 Å². The molecule has 0 spiro atoms. The molecule has 0 saturated heterocycles. The van der Waals surface area contributed by atoms with Crippen molar-refractivity contribution >= 4 is 5.91 Å². The van der Waals surface area contributed by atoms with E-state index in [2.05, 4.69) is 5.32 Å². The predicted molar refractivity (Wildman–Crippen MR) is 59.5 cm³/mol. The summed E-state index contributed by atoms with van der Waals surface area (Å²) in [6.45, 7) is 2.26. The van der Waals surface area contributed by atoms with Gasteiger partial charge in [0.1, 0.15) is 5.92 Å². The number of hydrogen-bond acceptors (Lipinski definition) is 4. The van der Waals surface area contributed by atoms with Gasteiger partial charge < -0.3 is 15.2 Å². The maximum absolute atomic E-state index is 11.7. The highest BCUT2D eigenvalue weighted by Crippen LogP contribution is 2.06. The van der Waals surface area contributed by atoms with Gasteiger partial charge in [0, 0.05) is 13.7 Å². The minimum Gasteiger partial charge on any atom is -0.396 e. The number of nitrogens with zero attached hydrogens (tertiary/aromatic N) is 1. The van der Waals surface area contributed by atoms with Gasteiger partial charge in [-0.05, 0) is 12.8 Å². The van der Waals surface area contributed by atoms with Gasteiger partial charge in [0.25, 0.3) is 0 Å². The number of aliphatic hydroxyl groups is 1. The van der Waals surface area contributed by atoms with Crippen molar-refractivity contribution < 1.29 is 14.6 Å². The van der Waals surface area contributed by atoms with Crippen molar-refractivity contribution in [3.63, 3.8) is 0 Å². The Hall–Kier alpha value is -1.12. The van der Waals surface area contributed by atoms with E-state index >= 15 is 0 Å². The molecule has 0 aromatic carbocycles. The van der Waals surface area contributed by atoms with E-state index in [1.54, 1.807) is 0 Å². The molecule has 0 aromatic heterocycles. The third-order valence-corrected chi connectivity index (χ3v) is 2.24. The van der Waals surface area contributed by atoms with E-state index in [0.29, 0.717) is 19.4 Å². The molecule has 5 nitrogen and oxygen atoms in total. The molecule has 2 atom stereocenters. The zero-order chi connectivity index (χ0) is 12.4. The van der Waals surface area contributed by atoms with Crippen molar-refractivity contribution in [2.45, 2.75) is 32.2 Å². The summed E-state index contributed by atoms with van der Waals surface area (Å²) in [5, 5.41) is 20.3. The smallest absolute Gasteiger partial charge is 0.237 e. The molecule has 2 N–H and O–H groups in total. The molecule has 0 heterocycles. The maximum Gasteiger partial charge on any atom is 0.237 e. The molecule has 0 aliphatic heterocycles. The van der Waals surface area contributed by atoms with Crippen LogP contribution in [0, 0.1) is 17.2 Å². The maximum atomic E-state index is 11.7. The van der Waals surface area contributed by atoms with Crippen molar-refractivity contribution in [2.24, 2.45) is 5.92 Å². The first-order valence-electron chi connectivity index (χ1n) is 5.49. The number of methoxy groups -OCH3 is 1. The number of rotatable bonds is 8. The quantitative estimate of drug-likeness (QED) is 0.631. The van der Waals surface area contributed by atoms with E-state index in [0.717, 1.165) is 6.42 Å². The van der Waals surface area contributed by atoms with Crippen LogP contribution in [-0.2, 0) is 9.53 Å². The van der Waals surface area contributed by atoms with Gasteiger partial charge in [0.15, 0.2) is 0 Å². The van der Waals surface area contributed by atoms with E-state index in [1.807, 2.05) is 13.0 Å². The highest BCUT2D eigenvalue weighted by molar-refractivity contribution is 5.81. The van der Waals surface area contributed by atoms with Gasteiger partial charge in [-0.1, -0.05) is 13.3 Å². The summed E-state index contributed by atoms with van der Waals surface area (Å²) in [4.78, 5) is 11.7. The zero-order valence-corrected chi connectivity index (χ0v) is 9.90. The molecule has 0 radical (unpaired) electrons. The summed E-state index contributed by atoms with van der Waals surface area (Å²) in [6.07, 6.45) is 1.78. The minimum absolute atomic E-state index is 0.0146. The van der Waals surface area contributed by atoms with Crippen molar-refractivity contribution in [2.75, 3.05) is 20.3 Å². The molecule has 1 amide bonds. The Morgan fingerprint density at radius 1 is 1.56 bits per heavy atom. The summed E-state index contributed by atoms with van der Waals surface area (Å²) in [5.41, 5.74) is 0. The van der Waals surface area contributed by atoms with Gasteiger partial charge in [0.05, 0.1) is 18.7 Å². The lowest BCUT2D eigenvalue weighted by Crippen LogP contribution is -2.41. The monoisotopic (exact) mass is 228 g/mol. The van der Waals surface area contributed by atoms with Crippen LogP contribution >= 0.6 is 0 Å². The number of hydrogen-bond donors (Lipinski definition) is 2. The van der Waals surface area contributed by atoms with E-state index in [4.69, 9.17) is 15.1 Å². The molecule has 0 aliphatic rings. The Morgan fingerprint density at radius 2 is 2.25 bits per heavy atom. The number of carbonyl (C=O) groups is 1. The van der Waals surface area contributed by atoms with E-state index in [1.165, 1.54) is 7.11 Å². The number of amides is 1. The van der Waals surface area contributed by atoms with Crippen LogP contribution in [0.3, 0.4) is 0 Å². The summed E-state index contributed by atoms with van der Waals surface area (Å²) < 4.78 is 4.92. The van der Waals surface area contributed by atoms with Gasteiger partial charge in [-0.15, -0.1) is 0 Å². The topological polar surface area (TPSA) is 82.4 Å². The normalized spacial score (nSPS) is 13.9. The molecule has 0 fully saturated rings. The van der Waals surface area contributed by atoms with Crippen molar-refractivity contribution in [3.8, 4) is 6.07 Å². The molecular weight excluding hydrogens is 208 g/mol. The van der Waals surface area contributed by atoms with Crippen LogP contribution in [0.25, 0.3) is 0 Å². The molecule has 0 bridgehead atoms. The molecule has 0 aromatic rings. The van der Waals surface area contributed by atoms with Crippen LogP contribution in [0.1, 0.15) is 26.2 Å². The van der Waals surface area contributed by atoms with Gasteiger partial charge in [-0.25, -0.2) is 0 Å². The molecule has 16 heavy (non-hydrogen) atoms. The molecule has 0 aliphatic carbocycles. The van der Waals surface area contributed by atoms with Crippen molar-refractivity contribution in [1.82, 2.24) is 5.32 Å². The third kappa shape index (κ3) is 5.69. The lowest BCUT2D eigenvalue weighted by molar-refractivity contribution is -0.124. The van der Waals surface area contributed by atoms with Crippen LogP contribution < -0.4 is 5.32 Å². The summed E-state index contributed by atoms with van der Waals surface area (Å²) in [6, 6.07) is 1.75. The first-order valence-corrected chi connectivity index (χ1v) is 5.49. The fraction of sp³-hybridized carbons (Fsp3) is 0.818. The largest absolute Gasteiger partial charge is 0.396 e. The predicted octanol–water partition coefficient (Wildman–Crippen LogP) is 0.440. The first kappa shape index (κ1) is 14.9. The Balaban J connectivity index is 4.20. The van der Waals surface area contributed by atoms with Crippen molar-refractivity contribution in [3.05, 3.63) is 0 Å². The van der Waals surface area contributed by atoms with E-state index < -0.39 is 5.92 Å². The van der Waals surface area contributed by atoms with Crippen LogP contribution in [0.15, 0.2) is 0 Å². The van der Waals surface area contributed by atoms with Crippen LogP contribution in [0.2, 0.25) is 0 Å². The summed E-state index contributed by atoms with van der Waals surface area (Å²) in [7, 11) is 1.53. The molecular formula is C11H20N2O3. The van der Waals surface area contributed by atoms with Crippen molar-refractivity contribution in [1.29, 1.82) is 5.26 Å². The molecule has 2 unspecified atom stereocenters. The fourth-order valence-electron chi connectivity index (χ4n) is 1.40. The average molecular weight is 228 g/mol. The second-order valence-corrected chi connectivity index (χ2v) is 3.64. The number of ether oxygens (including phenoxy) is 1. The highest BCUT2D eigenvalue weighted by Gasteiger charge is 2.19. The Labute approximate surface area is 96.4 Å². The Bertz CT molecular complexity index is 232. The molecule has 0 rings (SSSR count). The minimum atomic E-state index is -0.608. The number of nitriles is 1. The summed E-state index contributed by atoms with van der Waals surface area (Å²) >= 11 is 0. The molecule has 92 valence electrons. The lowest BCUT2D eigenvalue weighted by atomic mass is 10.0. The van der Waals surface area contributed by atoms with E-state index in [-0.39, 0.29) is 18.6 Å². The standard InChI is InChI=1S/C11H20N2O3/c1-3-4-9(7-12)11(15)13-10(5-6-14)8-16-2/h9-10,14H,3-6,8H2,1-2H3,(H,13,15). The second-order valence-electron chi connectivity index (χ2n) is 3.64. The lowest BCUT2D eigenvalue weighted by Gasteiger charge is -2.18. The second kappa shape index (κ2) is 9.13. The van der Waals surface area contributed by atoms with Gasteiger partial charge in [-0.2, -0.15) is 5.26 Å². The first-order chi connectivity index (χ1) is 7.69. The number of nitrogens with one attached hydrogen (secondary N) is 1. The van der Waals surface area contributed by atoms with Crippen LogP contribution in [0.5, 0.6) is 0 Å². The zero-order valence-electron chi connectivity index (χ0n) is 9.90. The molecule has 0 saturated carbocycles. The van der Waals surface area contributed by atoms with E-state index in [9.17, 15) is 4.79 Å². The Kier molecular flexibility index (Phi) is 8.49. The number of aliphatic hydroxyl groups excluding tert-OH is 1. The highest BCUT2D eigenvalue weighted by atomic mass is 16.5. The number of carbonyl (C=O) groups excluding carboxylic acids is 1. The third-order valence-electron chi connectivity index (χ3n) is 2.24. The van der Waals surface area contributed by atoms with Crippen LogP contribution in [-0.4, -0.2) is 37.4 Å². The van der Waals surface area contributed by atoms with Crippen LogP contribution in [0.4, 0.5) is 0 Å². The Morgan fingerprint density at radius 3 is 2.69 bits per heavy atom. The average Bonchev–Trinajstić information content (AvgIpc) is 2.26. The SMILES string of the molecule is CCCC(C#N)C(=O)NC(CCO)COC. The van der Waals surface area contributed by atoms with Gasteiger partial charge >= 0.3 is 0 Å². The fourth-order valence-corrected chi connectivity index (χ4v) is 1.40. The van der Waals surface area contributed by atoms with Gasteiger partial charge in [-0.3, -0.25) is 4.79 Å². The summed E-state index contributed by atoms with van der Waals surface area (Å²) in [5.74, 6) is -0.886. The molecule has 5 heteroatoms.